The number of aryl methyl sites for hydroxylation is 3. The molecule has 202 valence electrons. The summed E-state index contributed by atoms with van der Waals surface area (Å²) in [5, 5.41) is 9.05. The molecule has 0 bridgehead atoms. The number of carbonyl (C=O) groups excluding carboxylic acids is 1. The van der Waals surface area contributed by atoms with E-state index in [0.717, 1.165) is 33.4 Å². The van der Waals surface area contributed by atoms with E-state index < -0.39 is 0 Å². The Balaban J connectivity index is 1.30. The molecule has 9 nitrogen and oxygen atoms in total. The molecular weight excluding hydrogens is 522 g/mol. The van der Waals surface area contributed by atoms with Gasteiger partial charge < -0.3 is 14.6 Å². The molecule has 3 heterocycles. The van der Waals surface area contributed by atoms with E-state index >= 15 is 0 Å². The van der Waals surface area contributed by atoms with Crippen molar-refractivity contribution in [2.45, 2.75) is 43.6 Å². The number of nitrogens with one attached hydrogen (secondary N) is 1. The highest BCUT2D eigenvalue weighted by molar-refractivity contribution is 8.00. The number of aromatic nitrogens is 6. The molecule has 1 N–H and O–H groups in total. The Kier molecular flexibility index (Phi) is 7.08. The summed E-state index contributed by atoms with van der Waals surface area (Å²) in [6.07, 6.45) is 1.25. The fourth-order valence-electron chi connectivity index (χ4n) is 4.82. The Hall–Kier alpha value is -4.44. The van der Waals surface area contributed by atoms with Crippen LogP contribution in [0, 0.1) is 6.92 Å². The van der Waals surface area contributed by atoms with E-state index in [0.29, 0.717) is 41.8 Å². The van der Waals surface area contributed by atoms with Crippen molar-refractivity contribution >= 4 is 50.9 Å². The molecule has 0 spiro atoms. The molecule has 0 fully saturated rings. The average Bonchev–Trinajstić information content (AvgIpc) is 3.55. The topological polar surface area (TPSA) is 99.2 Å². The molecular formula is C30H29N7O2S. The second-order valence-corrected chi connectivity index (χ2v) is 10.6. The van der Waals surface area contributed by atoms with Crippen molar-refractivity contribution in [2.75, 3.05) is 12.4 Å². The van der Waals surface area contributed by atoms with Gasteiger partial charge in [-0.2, -0.15) is 4.52 Å². The van der Waals surface area contributed by atoms with Crippen LogP contribution in [-0.2, 0) is 17.8 Å². The molecule has 0 aliphatic carbocycles. The van der Waals surface area contributed by atoms with Gasteiger partial charge in [0, 0.05) is 30.1 Å². The zero-order chi connectivity index (χ0) is 27.6. The molecule has 0 saturated carbocycles. The van der Waals surface area contributed by atoms with Crippen molar-refractivity contribution in [3.63, 3.8) is 0 Å². The van der Waals surface area contributed by atoms with E-state index in [1.54, 1.807) is 17.7 Å². The van der Waals surface area contributed by atoms with Crippen LogP contribution in [0.25, 0.3) is 27.6 Å². The van der Waals surface area contributed by atoms with Gasteiger partial charge in [0.2, 0.25) is 5.91 Å². The van der Waals surface area contributed by atoms with Crippen LogP contribution in [0.15, 0.2) is 78.0 Å². The molecule has 0 radical (unpaired) electrons. The molecule has 40 heavy (non-hydrogen) atoms. The second kappa shape index (κ2) is 11.0. The number of hydrogen-bond acceptors (Lipinski definition) is 7. The van der Waals surface area contributed by atoms with Gasteiger partial charge in [0.15, 0.2) is 16.6 Å². The lowest BCUT2D eigenvalue weighted by atomic mass is 10.2. The number of carbonyl (C=O) groups is 1. The maximum absolute atomic E-state index is 13.3. The third-order valence-corrected chi connectivity index (χ3v) is 8.15. The van der Waals surface area contributed by atoms with Crippen molar-refractivity contribution in [3.05, 3.63) is 84.4 Å². The largest absolute Gasteiger partial charge is 0.497 e. The normalized spacial score (nSPS) is 12.3. The maximum atomic E-state index is 13.3. The summed E-state index contributed by atoms with van der Waals surface area (Å²) in [5.41, 5.74) is 4.31. The van der Waals surface area contributed by atoms with E-state index in [-0.39, 0.29) is 11.2 Å². The van der Waals surface area contributed by atoms with E-state index in [2.05, 4.69) is 20.9 Å². The van der Waals surface area contributed by atoms with Crippen LogP contribution in [0.1, 0.15) is 25.0 Å². The summed E-state index contributed by atoms with van der Waals surface area (Å²) < 4.78 is 9.27. The Morgan fingerprint density at radius 2 is 1.80 bits per heavy atom. The smallest absolute Gasteiger partial charge is 0.237 e. The van der Waals surface area contributed by atoms with Gasteiger partial charge in [-0.3, -0.25) is 4.79 Å². The number of anilines is 1. The summed E-state index contributed by atoms with van der Waals surface area (Å²) in [6.45, 7) is 4.72. The minimum absolute atomic E-state index is 0.105. The Morgan fingerprint density at radius 1 is 1.00 bits per heavy atom. The first-order chi connectivity index (χ1) is 19.5. The lowest BCUT2D eigenvalue weighted by molar-refractivity contribution is -0.115. The van der Waals surface area contributed by atoms with E-state index in [1.807, 2.05) is 74.5 Å². The van der Waals surface area contributed by atoms with Gasteiger partial charge in [-0.15, -0.1) is 5.10 Å². The number of ether oxygens (including phenoxy) is 1. The number of nitrogens with zero attached hydrogens (tertiary/aromatic N) is 6. The van der Waals surface area contributed by atoms with Gasteiger partial charge in [0.05, 0.1) is 28.9 Å². The van der Waals surface area contributed by atoms with Crippen molar-refractivity contribution in [2.24, 2.45) is 0 Å². The van der Waals surface area contributed by atoms with Crippen LogP contribution in [0.3, 0.4) is 0 Å². The van der Waals surface area contributed by atoms with Gasteiger partial charge in [-0.25, -0.2) is 15.0 Å². The standard InChI is InChI=1S/C30H29N7O2S/c1-4-26(29(38)32-20-10-9-11-21(18-20)39-3)40-30-33-23-13-6-5-12-22(23)28-34-27(35-37(28)30)16-17-36-19(2)31-24-14-7-8-15-25(24)36/h5-15,18,26H,4,16-17H2,1-3H3,(H,32,38). The molecule has 0 aliphatic rings. The minimum atomic E-state index is -0.379. The fraction of sp³-hybridized carbons (Fsp3) is 0.233. The van der Waals surface area contributed by atoms with E-state index in [1.165, 1.54) is 11.8 Å². The zero-order valence-corrected chi connectivity index (χ0v) is 23.4. The minimum Gasteiger partial charge on any atom is -0.497 e. The Morgan fingerprint density at radius 3 is 2.62 bits per heavy atom. The van der Waals surface area contributed by atoms with Gasteiger partial charge in [-0.1, -0.05) is 49.0 Å². The molecule has 1 unspecified atom stereocenters. The molecule has 3 aromatic carbocycles. The maximum Gasteiger partial charge on any atom is 0.237 e. The quantitative estimate of drug-likeness (QED) is 0.182. The van der Waals surface area contributed by atoms with E-state index in [4.69, 9.17) is 19.8 Å². The van der Waals surface area contributed by atoms with Gasteiger partial charge >= 0.3 is 0 Å². The van der Waals surface area contributed by atoms with Gasteiger partial charge in [0.25, 0.3) is 0 Å². The molecule has 0 saturated heterocycles. The first-order valence-corrected chi connectivity index (χ1v) is 14.1. The Labute approximate surface area is 235 Å². The highest BCUT2D eigenvalue weighted by Gasteiger charge is 2.23. The number of benzene rings is 3. The molecule has 6 aromatic rings. The summed E-state index contributed by atoms with van der Waals surface area (Å²) >= 11 is 1.39. The molecule has 1 amide bonds. The predicted molar refractivity (Wildman–Crippen MR) is 158 cm³/mol. The molecule has 1 atom stereocenters. The number of fused-ring (bicyclic) bond motifs is 4. The molecule has 3 aromatic heterocycles. The Bertz CT molecular complexity index is 1840. The first-order valence-electron chi connectivity index (χ1n) is 13.2. The van der Waals surface area contributed by atoms with Crippen LogP contribution >= 0.6 is 11.8 Å². The van der Waals surface area contributed by atoms with Crippen LogP contribution in [0.5, 0.6) is 5.75 Å². The highest BCUT2D eigenvalue weighted by Crippen LogP contribution is 2.29. The van der Waals surface area contributed by atoms with Crippen molar-refractivity contribution in [1.82, 2.24) is 29.1 Å². The highest BCUT2D eigenvalue weighted by atomic mass is 32.2. The molecule has 10 heteroatoms. The number of para-hydroxylation sites is 3. The van der Waals surface area contributed by atoms with E-state index in [9.17, 15) is 4.79 Å². The van der Waals surface area contributed by atoms with Crippen LogP contribution in [0.2, 0.25) is 0 Å². The van der Waals surface area contributed by atoms with Crippen molar-refractivity contribution in [3.8, 4) is 5.75 Å². The molecule has 0 aliphatic heterocycles. The van der Waals surface area contributed by atoms with Gasteiger partial charge in [-0.05, 0) is 49.7 Å². The zero-order valence-electron chi connectivity index (χ0n) is 22.5. The lowest BCUT2D eigenvalue weighted by Crippen LogP contribution is -2.25. The first kappa shape index (κ1) is 25.8. The van der Waals surface area contributed by atoms with Gasteiger partial charge in [0.1, 0.15) is 11.6 Å². The third-order valence-electron chi connectivity index (χ3n) is 6.85. The van der Waals surface area contributed by atoms with Crippen LogP contribution in [-0.4, -0.2) is 47.4 Å². The summed E-state index contributed by atoms with van der Waals surface area (Å²) in [5.74, 6) is 2.25. The summed E-state index contributed by atoms with van der Waals surface area (Å²) in [6, 6.07) is 23.4. The second-order valence-electron chi connectivity index (χ2n) is 9.46. The van der Waals surface area contributed by atoms with Crippen molar-refractivity contribution in [1.29, 1.82) is 0 Å². The number of methoxy groups -OCH3 is 1. The number of imidazole rings is 1. The summed E-state index contributed by atoms with van der Waals surface area (Å²) in [7, 11) is 1.60. The predicted octanol–water partition coefficient (Wildman–Crippen LogP) is 5.70. The van der Waals surface area contributed by atoms with Crippen LogP contribution < -0.4 is 10.1 Å². The third kappa shape index (κ3) is 4.98. The number of thioether (sulfide) groups is 1. The monoisotopic (exact) mass is 551 g/mol. The number of amides is 1. The van der Waals surface area contributed by atoms with Crippen LogP contribution in [0.4, 0.5) is 5.69 Å². The average molecular weight is 552 g/mol. The number of hydrogen-bond donors (Lipinski definition) is 1. The molecule has 6 rings (SSSR count). The summed E-state index contributed by atoms with van der Waals surface area (Å²) in [4.78, 5) is 27.8. The SMILES string of the molecule is CCC(Sc1nc2ccccc2c2nc(CCn3c(C)nc4ccccc43)nn12)C(=O)Nc1cccc(OC)c1. The lowest BCUT2D eigenvalue weighted by Gasteiger charge is -2.15. The number of rotatable bonds is 9. The fourth-order valence-corrected chi connectivity index (χ4v) is 5.78. The van der Waals surface area contributed by atoms with Crippen molar-refractivity contribution < 1.29 is 9.53 Å².